The molecular weight excluding hydrogens is 230 g/mol. The molecule has 0 aromatic carbocycles. The summed E-state index contributed by atoms with van der Waals surface area (Å²) in [7, 11) is 0. The van der Waals surface area contributed by atoms with Crippen LogP contribution in [0.15, 0.2) is 12.1 Å². The summed E-state index contributed by atoms with van der Waals surface area (Å²) in [5.74, 6) is 0. The first-order chi connectivity index (χ1) is 7.11. The summed E-state index contributed by atoms with van der Waals surface area (Å²) < 4.78 is 0.842. The number of halogens is 1. The van der Waals surface area contributed by atoms with E-state index in [1.807, 2.05) is 6.07 Å². The summed E-state index contributed by atoms with van der Waals surface area (Å²) in [5, 5.41) is 10.00. The van der Waals surface area contributed by atoms with Gasteiger partial charge in [-0.25, -0.2) is 0 Å². The summed E-state index contributed by atoms with van der Waals surface area (Å²) in [4.78, 5) is 3.54. The van der Waals surface area contributed by atoms with Gasteiger partial charge in [0.15, 0.2) is 0 Å². The van der Waals surface area contributed by atoms with Crippen molar-refractivity contribution in [1.29, 1.82) is 0 Å². The van der Waals surface area contributed by atoms with Crippen molar-refractivity contribution in [3.63, 3.8) is 0 Å². The number of nitrogens with zero attached hydrogens (tertiary/aromatic N) is 1. The highest BCUT2D eigenvalue weighted by atomic mass is 35.5. The van der Waals surface area contributed by atoms with Crippen LogP contribution in [0.5, 0.6) is 0 Å². The summed E-state index contributed by atoms with van der Waals surface area (Å²) >= 11 is 7.48. The van der Waals surface area contributed by atoms with E-state index in [1.54, 1.807) is 11.3 Å². The lowest BCUT2D eigenvalue weighted by Gasteiger charge is -2.46. The Balaban J connectivity index is 1.80. The van der Waals surface area contributed by atoms with Crippen LogP contribution in [0.3, 0.4) is 0 Å². The minimum absolute atomic E-state index is 0.421. The molecule has 0 atom stereocenters. The SMILES string of the molecule is CCCC1(O)CN(Cc2ccc(Cl)s2)C1. The smallest absolute Gasteiger partial charge is 0.0931 e. The highest BCUT2D eigenvalue weighted by Crippen LogP contribution is 2.29. The van der Waals surface area contributed by atoms with E-state index in [0.717, 1.165) is 36.8 Å². The van der Waals surface area contributed by atoms with Gasteiger partial charge < -0.3 is 5.11 Å². The number of likely N-dealkylation sites (tertiary alicyclic amines) is 1. The molecule has 4 heteroatoms. The van der Waals surface area contributed by atoms with Crippen molar-refractivity contribution in [2.24, 2.45) is 0 Å². The number of aliphatic hydroxyl groups is 1. The minimum Gasteiger partial charge on any atom is -0.387 e. The molecule has 0 aliphatic carbocycles. The van der Waals surface area contributed by atoms with Gasteiger partial charge in [0.2, 0.25) is 0 Å². The Labute approximate surface area is 99.5 Å². The predicted molar refractivity (Wildman–Crippen MR) is 64.5 cm³/mol. The molecule has 84 valence electrons. The quantitative estimate of drug-likeness (QED) is 0.882. The van der Waals surface area contributed by atoms with Crippen LogP contribution < -0.4 is 0 Å². The molecule has 1 aromatic heterocycles. The van der Waals surface area contributed by atoms with E-state index in [4.69, 9.17) is 11.6 Å². The molecule has 2 heterocycles. The topological polar surface area (TPSA) is 23.5 Å². The molecule has 15 heavy (non-hydrogen) atoms. The van der Waals surface area contributed by atoms with E-state index in [0.29, 0.717) is 0 Å². The third-order valence-electron chi connectivity index (χ3n) is 2.76. The molecule has 0 radical (unpaired) electrons. The van der Waals surface area contributed by atoms with E-state index in [2.05, 4.69) is 17.9 Å². The molecule has 0 spiro atoms. The zero-order valence-electron chi connectivity index (χ0n) is 8.87. The van der Waals surface area contributed by atoms with Crippen LogP contribution in [0, 0.1) is 0 Å². The number of rotatable bonds is 4. The molecule has 1 fully saturated rings. The van der Waals surface area contributed by atoms with E-state index in [9.17, 15) is 5.11 Å². The summed E-state index contributed by atoms with van der Waals surface area (Å²) in [5.41, 5.74) is -0.421. The summed E-state index contributed by atoms with van der Waals surface area (Å²) in [6.07, 6.45) is 1.96. The minimum atomic E-state index is -0.421. The van der Waals surface area contributed by atoms with E-state index in [1.165, 1.54) is 4.88 Å². The lowest BCUT2D eigenvalue weighted by Crippen LogP contribution is -2.60. The first kappa shape index (κ1) is 11.4. The number of hydrogen-bond acceptors (Lipinski definition) is 3. The Morgan fingerprint density at radius 3 is 2.80 bits per heavy atom. The van der Waals surface area contributed by atoms with Gasteiger partial charge in [0.05, 0.1) is 9.94 Å². The second-order valence-corrected chi connectivity index (χ2v) is 6.12. The van der Waals surface area contributed by atoms with Crippen LogP contribution in [0.2, 0.25) is 4.34 Å². The number of β-amino-alcohol motifs (C(OH)–C–C–N with tert-alkyl or cyclic N) is 1. The van der Waals surface area contributed by atoms with Gasteiger partial charge in [0, 0.05) is 24.5 Å². The lowest BCUT2D eigenvalue weighted by atomic mass is 9.89. The Kier molecular flexibility index (Phi) is 3.36. The van der Waals surface area contributed by atoms with Gasteiger partial charge in [-0.1, -0.05) is 24.9 Å². The third kappa shape index (κ3) is 2.72. The maximum Gasteiger partial charge on any atom is 0.0931 e. The van der Waals surface area contributed by atoms with Crippen molar-refractivity contribution in [2.75, 3.05) is 13.1 Å². The molecular formula is C11H16ClNOS. The molecule has 2 rings (SSSR count). The molecule has 0 bridgehead atoms. The van der Waals surface area contributed by atoms with Crippen molar-refractivity contribution in [2.45, 2.75) is 31.9 Å². The highest BCUT2D eigenvalue weighted by Gasteiger charge is 2.39. The van der Waals surface area contributed by atoms with Gasteiger partial charge in [-0.3, -0.25) is 4.90 Å². The Morgan fingerprint density at radius 1 is 1.53 bits per heavy atom. The third-order valence-corrected chi connectivity index (χ3v) is 3.98. The summed E-state index contributed by atoms with van der Waals surface area (Å²) in [6, 6.07) is 3.99. The van der Waals surface area contributed by atoms with Crippen LogP contribution >= 0.6 is 22.9 Å². The largest absolute Gasteiger partial charge is 0.387 e. The molecule has 1 aliphatic rings. The fourth-order valence-corrected chi connectivity index (χ4v) is 3.31. The van der Waals surface area contributed by atoms with Crippen molar-refractivity contribution in [3.05, 3.63) is 21.3 Å². The Bertz CT molecular complexity index is 333. The second-order valence-electron chi connectivity index (χ2n) is 4.33. The average Bonchev–Trinajstić information content (AvgIpc) is 2.49. The van der Waals surface area contributed by atoms with Crippen LogP contribution in [-0.2, 0) is 6.54 Å². The van der Waals surface area contributed by atoms with Crippen LogP contribution in [-0.4, -0.2) is 28.7 Å². The highest BCUT2D eigenvalue weighted by molar-refractivity contribution is 7.16. The molecule has 1 aromatic rings. The predicted octanol–water partition coefficient (Wildman–Crippen LogP) is 2.75. The van der Waals surface area contributed by atoms with Gasteiger partial charge in [0.1, 0.15) is 0 Å². The molecule has 1 saturated heterocycles. The van der Waals surface area contributed by atoms with Gasteiger partial charge in [0.25, 0.3) is 0 Å². The monoisotopic (exact) mass is 245 g/mol. The molecule has 0 saturated carbocycles. The molecule has 2 nitrogen and oxygen atoms in total. The van der Waals surface area contributed by atoms with Crippen molar-refractivity contribution >= 4 is 22.9 Å². The van der Waals surface area contributed by atoms with Crippen LogP contribution in [0.25, 0.3) is 0 Å². The Hall–Kier alpha value is -0.0900. The van der Waals surface area contributed by atoms with E-state index in [-0.39, 0.29) is 0 Å². The fraction of sp³-hybridized carbons (Fsp3) is 0.636. The zero-order chi connectivity index (χ0) is 10.9. The maximum absolute atomic E-state index is 10.00. The molecule has 1 aliphatic heterocycles. The van der Waals surface area contributed by atoms with Crippen molar-refractivity contribution < 1.29 is 5.11 Å². The zero-order valence-corrected chi connectivity index (χ0v) is 10.4. The molecule has 1 N–H and O–H groups in total. The van der Waals surface area contributed by atoms with Gasteiger partial charge in [-0.2, -0.15) is 0 Å². The number of hydrogen-bond donors (Lipinski definition) is 1. The molecule has 0 amide bonds. The standard InChI is InChI=1S/C11H16ClNOS/c1-2-5-11(14)7-13(8-11)6-9-3-4-10(12)15-9/h3-4,14H,2,5-8H2,1H3. The maximum atomic E-state index is 10.00. The summed E-state index contributed by atoms with van der Waals surface area (Å²) in [6.45, 7) is 4.63. The van der Waals surface area contributed by atoms with Crippen molar-refractivity contribution in [1.82, 2.24) is 4.90 Å². The van der Waals surface area contributed by atoms with Gasteiger partial charge in [-0.15, -0.1) is 11.3 Å². The van der Waals surface area contributed by atoms with E-state index >= 15 is 0 Å². The first-order valence-corrected chi connectivity index (χ1v) is 6.50. The van der Waals surface area contributed by atoms with E-state index < -0.39 is 5.60 Å². The Morgan fingerprint density at radius 2 is 2.27 bits per heavy atom. The molecule has 0 unspecified atom stereocenters. The van der Waals surface area contributed by atoms with Gasteiger partial charge in [-0.05, 0) is 18.6 Å². The number of thiophene rings is 1. The van der Waals surface area contributed by atoms with Gasteiger partial charge >= 0.3 is 0 Å². The van der Waals surface area contributed by atoms with Crippen LogP contribution in [0.4, 0.5) is 0 Å². The lowest BCUT2D eigenvalue weighted by molar-refractivity contribution is -0.106. The fourth-order valence-electron chi connectivity index (χ4n) is 2.18. The first-order valence-electron chi connectivity index (χ1n) is 5.30. The van der Waals surface area contributed by atoms with Crippen molar-refractivity contribution in [3.8, 4) is 0 Å². The second kappa shape index (κ2) is 4.42. The van der Waals surface area contributed by atoms with Crippen LogP contribution in [0.1, 0.15) is 24.6 Å². The average molecular weight is 246 g/mol. The normalized spacial score (nSPS) is 20.2.